The Morgan fingerprint density at radius 3 is 2.57 bits per heavy atom. The van der Waals surface area contributed by atoms with E-state index in [1.165, 1.54) is 30.5 Å². The highest BCUT2D eigenvalue weighted by Gasteiger charge is 2.16. The van der Waals surface area contributed by atoms with E-state index >= 15 is 0 Å². The van der Waals surface area contributed by atoms with Crippen molar-refractivity contribution < 1.29 is 13.2 Å². The first kappa shape index (κ1) is 19.9. The van der Waals surface area contributed by atoms with Crippen molar-refractivity contribution >= 4 is 50.1 Å². The van der Waals surface area contributed by atoms with Crippen LogP contribution >= 0.6 is 11.6 Å². The van der Waals surface area contributed by atoms with Gasteiger partial charge in [-0.3, -0.25) is 4.79 Å². The van der Waals surface area contributed by atoms with Gasteiger partial charge in [-0.2, -0.15) is 0 Å². The lowest BCUT2D eigenvalue weighted by Crippen LogP contribution is -2.16. The first-order valence-electron chi connectivity index (χ1n) is 8.83. The molecule has 152 valence electrons. The molecule has 0 aliphatic heterocycles. The molecule has 3 N–H and O–H groups in total. The van der Waals surface area contributed by atoms with E-state index in [-0.39, 0.29) is 16.8 Å². The van der Waals surface area contributed by atoms with E-state index in [1.54, 1.807) is 31.2 Å². The predicted molar refractivity (Wildman–Crippen MR) is 115 cm³/mol. The summed E-state index contributed by atoms with van der Waals surface area (Å²) in [5.74, 6) is -0.381. The third-order valence-corrected chi connectivity index (χ3v) is 5.95. The number of H-pyrrole nitrogens is 1. The van der Waals surface area contributed by atoms with Crippen LogP contribution in [0.15, 0.2) is 65.7 Å². The molecule has 4 aromatic rings. The smallest absolute Gasteiger partial charge is 0.272 e. The molecule has 0 unspecified atom stereocenters. The lowest BCUT2D eigenvalue weighted by molar-refractivity contribution is 0.102. The van der Waals surface area contributed by atoms with Crippen LogP contribution in [0.4, 0.5) is 11.6 Å². The second kappa shape index (κ2) is 7.77. The highest BCUT2D eigenvalue weighted by molar-refractivity contribution is 7.92. The number of rotatable bonds is 5. The Morgan fingerprint density at radius 2 is 1.87 bits per heavy atom. The van der Waals surface area contributed by atoms with Crippen LogP contribution in [0.2, 0.25) is 5.02 Å². The number of amides is 1. The van der Waals surface area contributed by atoms with Crippen molar-refractivity contribution in [1.82, 2.24) is 15.0 Å². The molecule has 0 aliphatic rings. The van der Waals surface area contributed by atoms with E-state index in [9.17, 15) is 13.2 Å². The summed E-state index contributed by atoms with van der Waals surface area (Å²) in [4.78, 5) is 23.4. The van der Waals surface area contributed by atoms with Gasteiger partial charge >= 0.3 is 0 Å². The zero-order valence-electron chi connectivity index (χ0n) is 15.7. The minimum Gasteiger partial charge on any atom is -0.349 e. The summed E-state index contributed by atoms with van der Waals surface area (Å²) in [5, 5.41) is 4.06. The number of aromatic amines is 1. The molecule has 0 atom stereocenters. The van der Waals surface area contributed by atoms with Crippen molar-refractivity contribution in [2.75, 3.05) is 10.0 Å². The molecule has 2 heterocycles. The highest BCUT2D eigenvalue weighted by atomic mass is 35.5. The van der Waals surface area contributed by atoms with Gasteiger partial charge in [0.2, 0.25) is 5.95 Å². The van der Waals surface area contributed by atoms with Crippen molar-refractivity contribution in [3.05, 3.63) is 77.2 Å². The first-order valence-corrected chi connectivity index (χ1v) is 10.7. The van der Waals surface area contributed by atoms with Crippen molar-refractivity contribution in [1.29, 1.82) is 0 Å². The largest absolute Gasteiger partial charge is 0.349 e. The minimum absolute atomic E-state index is 0.00940. The zero-order valence-corrected chi connectivity index (χ0v) is 17.3. The standard InChI is InChI=1S/C20H16ClN5O3S/c1-12-9-10-22-20(23-12)26-30(28,29)15-7-5-14(6-8-15)24-19(27)17-11-13-3-2-4-16(21)18(13)25-17/h2-11,25H,1H3,(H,24,27)(H,22,23,26). The number of nitrogens with one attached hydrogen (secondary N) is 3. The van der Waals surface area contributed by atoms with Crippen LogP contribution in [0, 0.1) is 6.92 Å². The summed E-state index contributed by atoms with van der Waals surface area (Å²) >= 11 is 6.13. The first-order chi connectivity index (χ1) is 14.3. The fraction of sp³-hybridized carbons (Fsp3) is 0.0500. The number of hydrogen-bond donors (Lipinski definition) is 3. The van der Waals surface area contributed by atoms with E-state index < -0.39 is 10.0 Å². The minimum atomic E-state index is -3.86. The Kier molecular flexibility index (Phi) is 5.15. The van der Waals surface area contributed by atoms with Crippen LogP contribution < -0.4 is 10.0 Å². The molecule has 10 heteroatoms. The molecule has 0 bridgehead atoms. The van der Waals surface area contributed by atoms with Gasteiger partial charge in [0, 0.05) is 23.0 Å². The Hall–Kier alpha value is -3.43. The van der Waals surface area contributed by atoms with Gasteiger partial charge in [0.15, 0.2) is 0 Å². The molecule has 0 radical (unpaired) electrons. The number of fused-ring (bicyclic) bond motifs is 1. The molecule has 30 heavy (non-hydrogen) atoms. The zero-order chi connectivity index (χ0) is 21.3. The summed E-state index contributed by atoms with van der Waals surface area (Å²) in [5.41, 5.74) is 2.10. The van der Waals surface area contributed by atoms with E-state index in [4.69, 9.17) is 11.6 Å². The van der Waals surface area contributed by atoms with Gasteiger partial charge in [-0.15, -0.1) is 0 Å². The van der Waals surface area contributed by atoms with E-state index in [0.29, 0.717) is 27.6 Å². The number of aromatic nitrogens is 3. The van der Waals surface area contributed by atoms with Gasteiger partial charge in [0.05, 0.1) is 15.4 Å². The molecule has 0 fully saturated rings. The summed E-state index contributed by atoms with van der Waals surface area (Å²) < 4.78 is 27.3. The molecular weight excluding hydrogens is 426 g/mol. The van der Waals surface area contributed by atoms with Gasteiger partial charge in [0.25, 0.3) is 15.9 Å². The molecule has 0 aliphatic carbocycles. The Labute approximate surface area is 177 Å². The summed E-state index contributed by atoms with van der Waals surface area (Å²) in [7, 11) is -3.86. The third-order valence-electron chi connectivity index (χ3n) is 4.29. The van der Waals surface area contributed by atoms with Crippen molar-refractivity contribution in [3.8, 4) is 0 Å². The van der Waals surface area contributed by atoms with Crippen LogP contribution in [0.5, 0.6) is 0 Å². The summed E-state index contributed by atoms with van der Waals surface area (Å²) in [6, 6.07) is 14.5. The number of carbonyl (C=O) groups is 1. The van der Waals surface area contributed by atoms with Crippen LogP contribution in [-0.2, 0) is 10.0 Å². The number of nitrogens with zero attached hydrogens (tertiary/aromatic N) is 2. The number of para-hydroxylation sites is 1. The van der Waals surface area contributed by atoms with E-state index in [1.807, 2.05) is 6.07 Å². The molecule has 0 saturated heterocycles. The molecule has 4 rings (SSSR count). The maximum absolute atomic E-state index is 12.5. The van der Waals surface area contributed by atoms with Crippen LogP contribution in [0.3, 0.4) is 0 Å². The topological polar surface area (TPSA) is 117 Å². The Bertz CT molecular complexity index is 1350. The van der Waals surface area contributed by atoms with Crippen LogP contribution in [0.25, 0.3) is 10.9 Å². The van der Waals surface area contributed by atoms with Crippen molar-refractivity contribution in [3.63, 3.8) is 0 Å². The van der Waals surface area contributed by atoms with Gasteiger partial charge in [-0.25, -0.2) is 23.1 Å². The van der Waals surface area contributed by atoms with Gasteiger partial charge in [-0.1, -0.05) is 23.7 Å². The predicted octanol–water partition coefficient (Wildman–Crippen LogP) is 3.97. The Morgan fingerprint density at radius 1 is 1.10 bits per heavy atom. The summed E-state index contributed by atoms with van der Waals surface area (Å²) in [6.07, 6.45) is 1.47. The van der Waals surface area contributed by atoms with Crippen molar-refractivity contribution in [2.45, 2.75) is 11.8 Å². The average Bonchev–Trinajstić information content (AvgIpc) is 3.14. The van der Waals surface area contributed by atoms with Crippen molar-refractivity contribution in [2.24, 2.45) is 0 Å². The van der Waals surface area contributed by atoms with Gasteiger partial charge in [0.1, 0.15) is 5.69 Å². The molecule has 0 spiro atoms. The lowest BCUT2D eigenvalue weighted by atomic mass is 10.2. The second-order valence-corrected chi connectivity index (χ2v) is 8.58. The maximum atomic E-state index is 12.5. The quantitative estimate of drug-likeness (QED) is 0.433. The Balaban J connectivity index is 1.50. The monoisotopic (exact) mass is 441 g/mol. The van der Waals surface area contributed by atoms with Crippen LogP contribution in [-0.4, -0.2) is 29.3 Å². The molecule has 2 aromatic carbocycles. The number of halogens is 1. The molecule has 0 saturated carbocycles. The second-order valence-electron chi connectivity index (χ2n) is 6.49. The fourth-order valence-electron chi connectivity index (χ4n) is 2.83. The van der Waals surface area contributed by atoms with Gasteiger partial charge < -0.3 is 10.3 Å². The molecule has 2 aromatic heterocycles. The van der Waals surface area contributed by atoms with Crippen LogP contribution in [0.1, 0.15) is 16.2 Å². The SMILES string of the molecule is Cc1ccnc(NS(=O)(=O)c2ccc(NC(=O)c3cc4cccc(Cl)c4[nH]3)cc2)n1. The fourth-order valence-corrected chi connectivity index (χ4v) is 4.01. The maximum Gasteiger partial charge on any atom is 0.272 e. The number of hydrogen-bond acceptors (Lipinski definition) is 5. The van der Waals surface area contributed by atoms with E-state index in [2.05, 4.69) is 25.0 Å². The number of aryl methyl sites for hydroxylation is 1. The summed E-state index contributed by atoms with van der Waals surface area (Å²) in [6.45, 7) is 1.73. The highest BCUT2D eigenvalue weighted by Crippen LogP contribution is 2.24. The lowest BCUT2D eigenvalue weighted by Gasteiger charge is -2.08. The normalized spacial score (nSPS) is 11.4. The number of anilines is 2. The molecule has 1 amide bonds. The molecular formula is C20H16ClN5O3S. The number of sulfonamides is 1. The molecule has 8 nitrogen and oxygen atoms in total. The number of benzene rings is 2. The number of carbonyl (C=O) groups excluding carboxylic acids is 1. The average molecular weight is 442 g/mol. The van der Waals surface area contributed by atoms with E-state index in [0.717, 1.165) is 5.39 Å². The van der Waals surface area contributed by atoms with Gasteiger partial charge in [-0.05, 0) is 49.4 Å². The third kappa shape index (κ3) is 4.12.